The van der Waals surface area contributed by atoms with Crippen LogP contribution in [-0.4, -0.2) is 34.2 Å². The fourth-order valence-corrected chi connectivity index (χ4v) is 2.83. The van der Waals surface area contributed by atoms with Crippen molar-refractivity contribution in [1.82, 2.24) is 5.32 Å². The summed E-state index contributed by atoms with van der Waals surface area (Å²) in [5, 5.41) is 20.7. The second-order valence-electron chi connectivity index (χ2n) is 4.10. The molecule has 0 aromatic heterocycles. The highest BCUT2D eigenvalue weighted by molar-refractivity contribution is 6.04. The average Bonchev–Trinajstić information content (AvgIpc) is 2.60. The van der Waals surface area contributed by atoms with Crippen molar-refractivity contribution in [3.05, 3.63) is 0 Å². The van der Waals surface area contributed by atoms with Crippen molar-refractivity contribution in [2.75, 3.05) is 6.54 Å². The Balaban J connectivity index is 2.36. The molecule has 78 valence electrons. The van der Waals surface area contributed by atoms with Crippen LogP contribution in [0.1, 0.15) is 19.3 Å². The number of carboxylic acids is 2. The van der Waals surface area contributed by atoms with Crippen LogP contribution in [0, 0.1) is 11.8 Å². The molecule has 1 saturated carbocycles. The molecule has 5 heteroatoms. The van der Waals surface area contributed by atoms with Crippen molar-refractivity contribution in [3.8, 4) is 0 Å². The lowest BCUT2D eigenvalue weighted by Crippen LogP contribution is -2.58. The van der Waals surface area contributed by atoms with E-state index in [4.69, 9.17) is 10.2 Å². The number of hydrogen-bond donors (Lipinski definition) is 3. The van der Waals surface area contributed by atoms with E-state index in [0.717, 1.165) is 12.8 Å². The quantitative estimate of drug-likeness (QED) is 0.541. The Hall–Kier alpha value is -1.10. The van der Waals surface area contributed by atoms with E-state index in [9.17, 15) is 9.59 Å². The summed E-state index contributed by atoms with van der Waals surface area (Å²) >= 11 is 0. The zero-order valence-corrected chi connectivity index (χ0v) is 7.69. The Bertz CT molecular complexity index is 275. The molecule has 1 heterocycles. The lowest BCUT2D eigenvalue weighted by molar-refractivity contribution is -0.160. The summed E-state index contributed by atoms with van der Waals surface area (Å²) in [7, 11) is 0. The minimum Gasteiger partial charge on any atom is -0.479 e. The van der Waals surface area contributed by atoms with Gasteiger partial charge in [-0.2, -0.15) is 0 Å². The van der Waals surface area contributed by atoms with Gasteiger partial charge in [0.1, 0.15) is 0 Å². The molecule has 2 unspecified atom stereocenters. The lowest BCUT2D eigenvalue weighted by Gasteiger charge is -2.25. The summed E-state index contributed by atoms with van der Waals surface area (Å²) in [6, 6.07) is 0. The van der Waals surface area contributed by atoms with Crippen molar-refractivity contribution in [2.45, 2.75) is 24.8 Å². The molecule has 2 rings (SSSR count). The maximum atomic E-state index is 11.1. The number of rotatable bonds is 2. The van der Waals surface area contributed by atoms with E-state index in [1.54, 1.807) is 0 Å². The van der Waals surface area contributed by atoms with E-state index in [-0.39, 0.29) is 11.8 Å². The molecular weight excluding hydrogens is 186 g/mol. The summed E-state index contributed by atoms with van der Waals surface area (Å²) in [4.78, 5) is 22.1. The zero-order valence-electron chi connectivity index (χ0n) is 7.69. The lowest BCUT2D eigenvalue weighted by atomic mass is 9.82. The molecule has 0 radical (unpaired) electrons. The largest absolute Gasteiger partial charge is 0.479 e. The van der Waals surface area contributed by atoms with Gasteiger partial charge >= 0.3 is 11.9 Å². The predicted molar refractivity (Wildman–Crippen MR) is 46.8 cm³/mol. The van der Waals surface area contributed by atoms with E-state index in [1.807, 2.05) is 0 Å². The van der Waals surface area contributed by atoms with Crippen LogP contribution in [0.5, 0.6) is 0 Å². The monoisotopic (exact) mass is 199 g/mol. The number of carbonyl (C=O) groups is 2. The number of hydrogen-bond acceptors (Lipinski definition) is 3. The topological polar surface area (TPSA) is 86.6 Å². The fourth-order valence-electron chi connectivity index (χ4n) is 2.83. The molecule has 1 aliphatic heterocycles. The van der Waals surface area contributed by atoms with E-state index in [1.165, 1.54) is 0 Å². The van der Waals surface area contributed by atoms with Gasteiger partial charge in [-0.15, -0.1) is 0 Å². The Morgan fingerprint density at radius 3 is 2.43 bits per heavy atom. The summed E-state index contributed by atoms with van der Waals surface area (Å²) in [6.45, 7) is 0.517. The Morgan fingerprint density at radius 2 is 1.86 bits per heavy atom. The van der Waals surface area contributed by atoms with Gasteiger partial charge in [-0.1, -0.05) is 6.42 Å². The standard InChI is InChI=1S/C9H13NO4/c11-7(12)9(8(13)14)6-3-1-2-5(6)4-10-9/h5-6,10H,1-4H2,(H,11,12)(H,13,14). The van der Waals surface area contributed by atoms with Crippen molar-refractivity contribution in [2.24, 2.45) is 11.8 Å². The van der Waals surface area contributed by atoms with Gasteiger partial charge < -0.3 is 10.2 Å². The van der Waals surface area contributed by atoms with Crippen LogP contribution in [0.25, 0.3) is 0 Å². The van der Waals surface area contributed by atoms with Crippen LogP contribution in [0.2, 0.25) is 0 Å². The number of nitrogens with one attached hydrogen (secondary N) is 1. The van der Waals surface area contributed by atoms with E-state index in [2.05, 4.69) is 5.32 Å². The predicted octanol–water partition coefficient (Wildman–Crippen LogP) is -0.0861. The smallest absolute Gasteiger partial charge is 0.335 e. The molecule has 0 spiro atoms. The molecule has 5 nitrogen and oxygen atoms in total. The first kappa shape index (κ1) is 9.45. The molecule has 0 bridgehead atoms. The van der Waals surface area contributed by atoms with Gasteiger partial charge in [-0.05, 0) is 25.3 Å². The molecule has 0 aromatic rings. The van der Waals surface area contributed by atoms with Gasteiger partial charge in [0, 0.05) is 5.92 Å². The summed E-state index contributed by atoms with van der Waals surface area (Å²) in [5.74, 6) is -2.52. The fraction of sp³-hybridized carbons (Fsp3) is 0.778. The van der Waals surface area contributed by atoms with Gasteiger partial charge in [0.05, 0.1) is 0 Å². The third kappa shape index (κ3) is 0.987. The Labute approximate surface area is 81.1 Å². The zero-order chi connectivity index (χ0) is 10.3. The molecule has 2 fully saturated rings. The van der Waals surface area contributed by atoms with Crippen molar-refractivity contribution in [1.29, 1.82) is 0 Å². The Morgan fingerprint density at radius 1 is 1.21 bits per heavy atom. The van der Waals surface area contributed by atoms with Crippen LogP contribution < -0.4 is 5.32 Å². The van der Waals surface area contributed by atoms with Gasteiger partial charge in [0.15, 0.2) is 0 Å². The van der Waals surface area contributed by atoms with E-state index in [0.29, 0.717) is 13.0 Å². The summed E-state index contributed by atoms with van der Waals surface area (Å²) in [6.07, 6.45) is 2.59. The first-order chi connectivity index (χ1) is 6.59. The molecular formula is C9H13NO4. The highest BCUT2D eigenvalue weighted by atomic mass is 16.4. The van der Waals surface area contributed by atoms with Gasteiger partial charge in [0.25, 0.3) is 0 Å². The summed E-state index contributed by atoms with van der Waals surface area (Å²) in [5.41, 5.74) is -1.72. The van der Waals surface area contributed by atoms with Crippen LogP contribution in [0.15, 0.2) is 0 Å². The van der Waals surface area contributed by atoms with Gasteiger partial charge in [-0.25, -0.2) is 9.59 Å². The van der Waals surface area contributed by atoms with Crippen molar-refractivity contribution in [3.63, 3.8) is 0 Å². The van der Waals surface area contributed by atoms with E-state index >= 15 is 0 Å². The first-order valence-electron chi connectivity index (χ1n) is 4.81. The van der Waals surface area contributed by atoms with Crippen molar-refractivity contribution < 1.29 is 19.8 Å². The van der Waals surface area contributed by atoms with Crippen LogP contribution in [0.3, 0.4) is 0 Å². The molecule has 2 aliphatic rings. The minimum absolute atomic E-state index is 0.224. The second kappa shape index (κ2) is 2.95. The summed E-state index contributed by atoms with van der Waals surface area (Å²) < 4.78 is 0. The highest BCUT2D eigenvalue weighted by Gasteiger charge is 2.60. The number of carboxylic acid groups (broad SMARTS) is 2. The van der Waals surface area contributed by atoms with Crippen LogP contribution in [0.4, 0.5) is 0 Å². The third-order valence-corrected chi connectivity index (χ3v) is 3.53. The van der Waals surface area contributed by atoms with Crippen LogP contribution in [-0.2, 0) is 9.59 Å². The van der Waals surface area contributed by atoms with E-state index < -0.39 is 17.5 Å². The Kier molecular flexibility index (Phi) is 1.99. The molecule has 0 aromatic carbocycles. The van der Waals surface area contributed by atoms with Crippen molar-refractivity contribution >= 4 is 11.9 Å². The maximum Gasteiger partial charge on any atom is 0.335 e. The van der Waals surface area contributed by atoms with Gasteiger partial charge in [-0.3, -0.25) is 5.32 Å². The molecule has 3 N–H and O–H groups in total. The normalized spacial score (nSPS) is 34.0. The average molecular weight is 199 g/mol. The number of fused-ring (bicyclic) bond motifs is 1. The minimum atomic E-state index is -1.72. The maximum absolute atomic E-state index is 11.1. The molecule has 1 saturated heterocycles. The first-order valence-corrected chi connectivity index (χ1v) is 4.81. The highest BCUT2D eigenvalue weighted by Crippen LogP contribution is 2.43. The molecule has 14 heavy (non-hydrogen) atoms. The van der Waals surface area contributed by atoms with Crippen LogP contribution >= 0.6 is 0 Å². The molecule has 2 atom stereocenters. The molecule has 0 amide bonds. The SMILES string of the molecule is O=C(O)C1(C(=O)O)NCC2CCCC21. The second-order valence-corrected chi connectivity index (χ2v) is 4.10. The number of aliphatic carboxylic acids is 2. The van der Waals surface area contributed by atoms with Gasteiger partial charge in [0.2, 0.25) is 5.54 Å². The third-order valence-electron chi connectivity index (χ3n) is 3.53. The molecule has 1 aliphatic carbocycles.